The molecule has 6 nitrogen and oxygen atoms in total. The predicted molar refractivity (Wildman–Crippen MR) is 87.1 cm³/mol. The van der Waals surface area contributed by atoms with Crippen LogP contribution in [0.1, 0.15) is 17.3 Å². The first-order chi connectivity index (χ1) is 10.6. The minimum atomic E-state index is -0.417. The number of hydrogen-bond donors (Lipinski definition) is 1. The summed E-state index contributed by atoms with van der Waals surface area (Å²) in [5.74, 6) is -0.446. The average molecular weight is 420 g/mol. The maximum atomic E-state index is 12.0. The Balaban J connectivity index is 1.87. The molecule has 1 aliphatic heterocycles. The summed E-state index contributed by atoms with van der Waals surface area (Å²) in [6.45, 7) is 5.86. The van der Waals surface area contributed by atoms with E-state index in [1.165, 1.54) is 17.9 Å². The number of morpholine rings is 1. The number of carbonyl (C=O) groups excluding carboxylic acids is 2. The Bertz CT molecular complexity index is 543. The molecule has 1 aromatic rings. The van der Waals surface area contributed by atoms with Crippen LogP contribution in [0.3, 0.4) is 0 Å². The van der Waals surface area contributed by atoms with E-state index in [2.05, 4.69) is 0 Å². The largest absolute Gasteiger partial charge is 0.456 e. The topological polar surface area (TPSA) is 66.3 Å². The molecule has 0 unspecified atom stereocenters. The second-order valence-corrected chi connectivity index (χ2v) is 6.15. The molecule has 2 rings (SSSR count). The first-order valence-electron chi connectivity index (χ1n) is 7.12. The monoisotopic (exact) mass is 420 g/mol. The highest BCUT2D eigenvalue weighted by molar-refractivity contribution is 14.1. The third-order valence-electron chi connectivity index (χ3n) is 3.31. The number of ether oxygens (including phenoxy) is 3. The summed E-state index contributed by atoms with van der Waals surface area (Å²) in [4.78, 5) is 24.5. The fourth-order valence-corrected chi connectivity index (χ4v) is 2.59. The van der Waals surface area contributed by atoms with Crippen LogP contribution in [-0.2, 0) is 14.3 Å². The van der Waals surface area contributed by atoms with Gasteiger partial charge in [0.25, 0.3) is 0 Å². The number of carbonyl (C=O) groups is 2. The molecule has 1 N–H and O–H groups in total. The van der Waals surface area contributed by atoms with Crippen molar-refractivity contribution < 1.29 is 28.7 Å². The van der Waals surface area contributed by atoms with Crippen molar-refractivity contribution >= 4 is 34.5 Å². The first-order valence-corrected chi connectivity index (χ1v) is 8.20. The van der Waals surface area contributed by atoms with E-state index in [-0.39, 0.29) is 0 Å². The van der Waals surface area contributed by atoms with Crippen LogP contribution in [0.25, 0.3) is 0 Å². The molecule has 1 heterocycles. The second kappa shape index (κ2) is 8.44. The van der Waals surface area contributed by atoms with E-state index >= 15 is 0 Å². The van der Waals surface area contributed by atoms with Crippen molar-refractivity contribution in [3.05, 3.63) is 27.3 Å². The normalized spacial score (nSPS) is 15.4. The van der Waals surface area contributed by atoms with Gasteiger partial charge in [-0.2, -0.15) is 0 Å². The van der Waals surface area contributed by atoms with Crippen LogP contribution < -0.4 is 9.64 Å². The van der Waals surface area contributed by atoms with Gasteiger partial charge in [-0.1, -0.05) is 0 Å². The quantitative estimate of drug-likeness (QED) is 0.422. The van der Waals surface area contributed by atoms with E-state index in [1.54, 1.807) is 12.1 Å². The third kappa shape index (κ3) is 5.22. The van der Waals surface area contributed by atoms with Crippen LogP contribution in [0, 0.1) is 3.57 Å². The van der Waals surface area contributed by atoms with Crippen LogP contribution >= 0.6 is 22.6 Å². The Morgan fingerprint density at radius 3 is 2.73 bits per heavy atom. The predicted octanol–water partition coefficient (Wildman–Crippen LogP) is 0.288. The minimum Gasteiger partial charge on any atom is -0.456 e. The molecular formula is C15H19INO5+. The van der Waals surface area contributed by atoms with E-state index in [1.807, 2.05) is 22.6 Å². The van der Waals surface area contributed by atoms with Gasteiger partial charge < -0.3 is 19.1 Å². The fraction of sp³-hybridized carbons (Fsp3) is 0.467. The standard InChI is InChI=1S/C15H18INO5/c1-11(18)22-14-10-12(2-3-13(14)16)15(19)21-9-6-17-4-7-20-8-5-17/h2-3,10H,4-9H2,1H3/p+1. The number of esters is 2. The molecular weight excluding hydrogens is 401 g/mol. The van der Waals surface area contributed by atoms with Crippen molar-refractivity contribution in [2.24, 2.45) is 0 Å². The van der Waals surface area contributed by atoms with Gasteiger partial charge in [0.05, 0.1) is 22.3 Å². The van der Waals surface area contributed by atoms with Gasteiger partial charge in [0.1, 0.15) is 32.0 Å². The van der Waals surface area contributed by atoms with Gasteiger partial charge in [0.2, 0.25) is 0 Å². The molecule has 0 aliphatic carbocycles. The molecule has 120 valence electrons. The van der Waals surface area contributed by atoms with Gasteiger partial charge in [-0.25, -0.2) is 4.79 Å². The summed E-state index contributed by atoms with van der Waals surface area (Å²) in [6, 6.07) is 4.93. The lowest BCUT2D eigenvalue weighted by atomic mass is 10.2. The maximum Gasteiger partial charge on any atom is 0.338 e. The molecule has 1 aliphatic rings. The highest BCUT2D eigenvalue weighted by atomic mass is 127. The zero-order valence-electron chi connectivity index (χ0n) is 12.4. The number of hydrogen-bond acceptors (Lipinski definition) is 5. The lowest BCUT2D eigenvalue weighted by Gasteiger charge is -2.23. The molecule has 1 aromatic carbocycles. The Kier molecular flexibility index (Phi) is 6.59. The summed E-state index contributed by atoms with van der Waals surface area (Å²) in [5.41, 5.74) is 0.383. The van der Waals surface area contributed by atoms with Crippen LogP contribution in [0.4, 0.5) is 0 Å². The van der Waals surface area contributed by atoms with Crippen molar-refractivity contribution in [2.75, 3.05) is 39.5 Å². The smallest absolute Gasteiger partial charge is 0.338 e. The lowest BCUT2D eigenvalue weighted by molar-refractivity contribution is -0.908. The number of quaternary nitrogens is 1. The molecule has 0 bridgehead atoms. The highest BCUT2D eigenvalue weighted by Crippen LogP contribution is 2.22. The summed E-state index contributed by atoms with van der Waals surface area (Å²) in [6.07, 6.45) is 0. The van der Waals surface area contributed by atoms with Crippen LogP contribution in [0.15, 0.2) is 18.2 Å². The summed E-state index contributed by atoms with van der Waals surface area (Å²) in [7, 11) is 0. The lowest BCUT2D eigenvalue weighted by Crippen LogP contribution is -3.14. The maximum absolute atomic E-state index is 12.0. The highest BCUT2D eigenvalue weighted by Gasteiger charge is 2.16. The molecule has 0 atom stereocenters. The molecule has 1 saturated heterocycles. The Labute approximate surface area is 142 Å². The van der Waals surface area contributed by atoms with Gasteiger partial charge in [0.15, 0.2) is 0 Å². The number of nitrogens with one attached hydrogen (secondary N) is 1. The first kappa shape index (κ1) is 17.2. The molecule has 0 aromatic heterocycles. The summed E-state index contributed by atoms with van der Waals surface area (Å²) < 4.78 is 16.4. The zero-order chi connectivity index (χ0) is 15.9. The third-order valence-corrected chi connectivity index (χ3v) is 4.20. The molecule has 22 heavy (non-hydrogen) atoms. The fourth-order valence-electron chi connectivity index (χ4n) is 2.14. The number of rotatable bonds is 5. The van der Waals surface area contributed by atoms with Gasteiger partial charge in [-0.3, -0.25) is 4.79 Å². The van der Waals surface area contributed by atoms with Gasteiger partial charge in [-0.05, 0) is 40.8 Å². The average Bonchev–Trinajstić information content (AvgIpc) is 2.50. The van der Waals surface area contributed by atoms with E-state index in [9.17, 15) is 9.59 Å². The molecule has 7 heteroatoms. The van der Waals surface area contributed by atoms with Crippen LogP contribution in [0.2, 0.25) is 0 Å². The van der Waals surface area contributed by atoms with Gasteiger partial charge in [0, 0.05) is 6.92 Å². The number of benzene rings is 1. The summed E-state index contributed by atoms with van der Waals surface area (Å²) >= 11 is 2.05. The summed E-state index contributed by atoms with van der Waals surface area (Å²) in [5, 5.41) is 0. The van der Waals surface area contributed by atoms with Crippen molar-refractivity contribution in [1.29, 1.82) is 0 Å². The van der Waals surface area contributed by atoms with Gasteiger partial charge >= 0.3 is 11.9 Å². The Morgan fingerprint density at radius 2 is 2.05 bits per heavy atom. The van der Waals surface area contributed by atoms with Crippen molar-refractivity contribution in [2.45, 2.75) is 6.92 Å². The Morgan fingerprint density at radius 1 is 1.32 bits per heavy atom. The zero-order valence-corrected chi connectivity index (χ0v) is 14.6. The SMILES string of the molecule is CC(=O)Oc1cc(C(=O)OCC[NH+]2CCOCC2)ccc1I. The van der Waals surface area contributed by atoms with E-state index < -0.39 is 11.9 Å². The van der Waals surface area contributed by atoms with Gasteiger partial charge in [-0.15, -0.1) is 0 Å². The van der Waals surface area contributed by atoms with Crippen LogP contribution in [-0.4, -0.2) is 51.4 Å². The second-order valence-electron chi connectivity index (χ2n) is 4.99. The molecule has 1 fully saturated rings. The van der Waals surface area contributed by atoms with E-state index in [0.717, 1.165) is 36.4 Å². The molecule has 0 radical (unpaired) electrons. The van der Waals surface area contributed by atoms with Crippen molar-refractivity contribution in [1.82, 2.24) is 0 Å². The Hall–Kier alpha value is -1.19. The molecule has 0 amide bonds. The van der Waals surface area contributed by atoms with E-state index in [4.69, 9.17) is 14.2 Å². The van der Waals surface area contributed by atoms with E-state index in [0.29, 0.717) is 17.9 Å². The van der Waals surface area contributed by atoms with Crippen LogP contribution in [0.5, 0.6) is 5.75 Å². The number of halogens is 1. The molecule has 0 saturated carbocycles. The minimum absolute atomic E-state index is 0.364. The van der Waals surface area contributed by atoms with Crippen molar-refractivity contribution in [3.63, 3.8) is 0 Å². The molecule has 0 spiro atoms. The van der Waals surface area contributed by atoms with Crippen molar-refractivity contribution in [3.8, 4) is 5.75 Å².